The highest BCUT2D eigenvalue weighted by Crippen LogP contribution is 2.32. The molecule has 8 heteroatoms. The van der Waals surface area contributed by atoms with Crippen LogP contribution in [0.3, 0.4) is 0 Å². The molecule has 0 saturated carbocycles. The molecule has 0 N–H and O–H groups in total. The summed E-state index contributed by atoms with van der Waals surface area (Å²) in [6.07, 6.45) is -7.80. The SMILES string of the molecule is O=C(N=CCC(F)=C(F)F)c1ccccc1C(F)(F)F. The number of benzene rings is 1. The van der Waals surface area contributed by atoms with Gasteiger partial charge in [-0.2, -0.15) is 22.0 Å². The molecule has 0 unspecified atom stereocenters. The van der Waals surface area contributed by atoms with Gasteiger partial charge in [0, 0.05) is 12.6 Å². The Morgan fingerprint density at radius 2 is 1.75 bits per heavy atom. The van der Waals surface area contributed by atoms with Crippen LogP contribution in [0.2, 0.25) is 0 Å². The van der Waals surface area contributed by atoms with Gasteiger partial charge < -0.3 is 0 Å². The number of halogens is 6. The first-order valence-electron chi connectivity index (χ1n) is 5.16. The monoisotopic (exact) mass is 295 g/mol. The molecule has 0 aliphatic carbocycles. The van der Waals surface area contributed by atoms with Crippen LogP contribution in [0.4, 0.5) is 26.3 Å². The van der Waals surface area contributed by atoms with E-state index >= 15 is 0 Å². The zero-order chi connectivity index (χ0) is 15.3. The van der Waals surface area contributed by atoms with Gasteiger partial charge in [-0.1, -0.05) is 12.1 Å². The van der Waals surface area contributed by atoms with Crippen molar-refractivity contribution in [2.24, 2.45) is 4.99 Å². The van der Waals surface area contributed by atoms with Crippen LogP contribution in [0.25, 0.3) is 0 Å². The summed E-state index contributed by atoms with van der Waals surface area (Å²) in [6, 6.07) is 3.86. The van der Waals surface area contributed by atoms with E-state index in [2.05, 4.69) is 4.99 Å². The van der Waals surface area contributed by atoms with Gasteiger partial charge in [0.15, 0.2) is 5.83 Å². The summed E-state index contributed by atoms with van der Waals surface area (Å²) in [5.41, 5.74) is -1.93. The average molecular weight is 295 g/mol. The van der Waals surface area contributed by atoms with Crippen LogP contribution in [-0.4, -0.2) is 12.1 Å². The van der Waals surface area contributed by atoms with Crippen LogP contribution in [0.1, 0.15) is 22.3 Å². The number of carbonyl (C=O) groups excluding carboxylic acids is 1. The molecule has 0 aliphatic rings. The third-order valence-corrected chi connectivity index (χ3v) is 2.15. The minimum atomic E-state index is -4.75. The Morgan fingerprint density at radius 3 is 2.30 bits per heavy atom. The Hall–Kier alpha value is -2.12. The molecule has 1 rings (SSSR count). The summed E-state index contributed by atoms with van der Waals surface area (Å²) in [6.45, 7) is 0. The quantitative estimate of drug-likeness (QED) is 0.601. The second-order valence-electron chi connectivity index (χ2n) is 3.53. The van der Waals surface area contributed by atoms with Gasteiger partial charge in [-0.25, -0.2) is 9.38 Å². The molecule has 0 spiro atoms. The van der Waals surface area contributed by atoms with E-state index in [1.165, 1.54) is 6.07 Å². The maximum Gasteiger partial charge on any atom is 0.417 e. The number of aliphatic imine (C=N–C) groups is 1. The van der Waals surface area contributed by atoms with E-state index < -0.39 is 41.5 Å². The molecule has 0 saturated heterocycles. The van der Waals surface area contributed by atoms with Crippen LogP contribution >= 0.6 is 0 Å². The topological polar surface area (TPSA) is 29.4 Å². The Morgan fingerprint density at radius 1 is 1.15 bits per heavy atom. The lowest BCUT2D eigenvalue weighted by molar-refractivity contribution is -0.137. The Balaban J connectivity index is 2.95. The van der Waals surface area contributed by atoms with Crippen molar-refractivity contribution in [2.45, 2.75) is 12.6 Å². The van der Waals surface area contributed by atoms with Gasteiger partial charge >= 0.3 is 12.3 Å². The van der Waals surface area contributed by atoms with Crippen LogP contribution < -0.4 is 0 Å². The fourth-order valence-electron chi connectivity index (χ4n) is 1.27. The van der Waals surface area contributed by atoms with Crippen molar-refractivity contribution in [2.75, 3.05) is 0 Å². The predicted octanol–water partition coefficient (Wildman–Crippen LogP) is 4.38. The molecule has 1 amide bonds. The standard InChI is InChI=1S/C12H7F6NO/c13-9(10(14)15)5-6-19-11(20)7-3-1-2-4-8(7)12(16,17)18/h1-4,6H,5H2. The number of rotatable bonds is 3. The Bertz CT molecular complexity index is 557. The second-order valence-corrected chi connectivity index (χ2v) is 3.53. The van der Waals surface area contributed by atoms with E-state index in [1.807, 2.05) is 0 Å². The van der Waals surface area contributed by atoms with Gasteiger partial charge in [-0.3, -0.25) is 4.79 Å². The van der Waals surface area contributed by atoms with Gasteiger partial charge in [0.25, 0.3) is 5.91 Å². The first kappa shape index (κ1) is 15.9. The molecular weight excluding hydrogens is 288 g/mol. The lowest BCUT2D eigenvalue weighted by Gasteiger charge is -2.09. The lowest BCUT2D eigenvalue weighted by Crippen LogP contribution is -2.12. The summed E-state index contributed by atoms with van der Waals surface area (Å²) in [7, 11) is 0. The predicted molar refractivity (Wildman–Crippen MR) is 59.2 cm³/mol. The molecule has 108 valence electrons. The van der Waals surface area contributed by atoms with Crippen LogP contribution in [-0.2, 0) is 6.18 Å². The normalized spacial score (nSPS) is 11.7. The fraction of sp³-hybridized carbons (Fsp3) is 0.167. The minimum Gasteiger partial charge on any atom is -0.267 e. The van der Waals surface area contributed by atoms with Gasteiger partial charge in [-0.05, 0) is 12.1 Å². The van der Waals surface area contributed by atoms with Gasteiger partial charge in [0.1, 0.15) is 0 Å². The van der Waals surface area contributed by atoms with E-state index in [9.17, 15) is 31.1 Å². The number of hydrogen-bond acceptors (Lipinski definition) is 1. The highest BCUT2D eigenvalue weighted by molar-refractivity contribution is 6.00. The summed E-state index contributed by atoms with van der Waals surface area (Å²) in [5.74, 6) is -3.09. The smallest absolute Gasteiger partial charge is 0.267 e. The van der Waals surface area contributed by atoms with E-state index in [1.54, 1.807) is 0 Å². The maximum absolute atomic E-state index is 12.6. The van der Waals surface area contributed by atoms with Crippen molar-refractivity contribution in [3.63, 3.8) is 0 Å². The average Bonchev–Trinajstić information content (AvgIpc) is 2.37. The zero-order valence-electron chi connectivity index (χ0n) is 9.72. The fourth-order valence-corrected chi connectivity index (χ4v) is 1.27. The largest absolute Gasteiger partial charge is 0.417 e. The minimum absolute atomic E-state index is 0.490. The highest BCUT2D eigenvalue weighted by Gasteiger charge is 2.34. The Kier molecular flexibility index (Phi) is 5.06. The van der Waals surface area contributed by atoms with Crippen LogP contribution in [0.5, 0.6) is 0 Å². The van der Waals surface area contributed by atoms with Crippen molar-refractivity contribution < 1.29 is 31.1 Å². The van der Waals surface area contributed by atoms with E-state index in [4.69, 9.17) is 0 Å². The van der Waals surface area contributed by atoms with Crippen LogP contribution in [0.15, 0.2) is 41.2 Å². The molecule has 1 aromatic carbocycles. The van der Waals surface area contributed by atoms with Crippen LogP contribution in [0, 0.1) is 0 Å². The van der Waals surface area contributed by atoms with Crippen molar-refractivity contribution >= 4 is 12.1 Å². The van der Waals surface area contributed by atoms with E-state index in [0.29, 0.717) is 12.3 Å². The molecule has 20 heavy (non-hydrogen) atoms. The molecule has 0 fully saturated rings. The van der Waals surface area contributed by atoms with Gasteiger partial charge in [-0.15, -0.1) is 0 Å². The second kappa shape index (κ2) is 6.36. The number of carbonyl (C=O) groups is 1. The highest BCUT2D eigenvalue weighted by atomic mass is 19.4. The molecule has 0 aliphatic heterocycles. The maximum atomic E-state index is 12.6. The van der Waals surface area contributed by atoms with E-state index in [-0.39, 0.29) is 0 Å². The van der Waals surface area contributed by atoms with Gasteiger partial charge in [0.05, 0.1) is 11.1 Å². The van der Waals surface area contributed by atoms with Crippen molar-refractivity contribution in [3.05, 3.63) is 47.3 Å². The molecule has 0 atom stereocenters. The third kappa shape index (κ3) is 4.22. The molecule has 0 radical (unpaired) electrons. The third-order valence-electron chi connectivity index (χ3n) is 2.15. The lowest BCUT2D eigenvalue weighted by atomic mass is 10.1. The zero-order valence-corrected chi connectivity index (χ0v) is 9.72. The van der Waals surface area contributed by atoms with E-state index in [0.717, 1.165) is 12.1 Å². The summed E-state index contributed by atoms with van der Waals surface area (Å²) in [4.78, 5) is 14.5. The molecule has 0 aromatic heterocycles. The number of alkyl halides is 3. The summed E-state index contributed by atoms with van der Waals surface area (Å²) < 4.78 is 73.6. The van der Waals surface area contributed by atoms with Crippen molar-refractivity contribution in [3.8, 4) is 0 Å². The first-order chi connectivity index (χ1) is 9.23. The summed E-state index contributed by atoms with van der Waals surface area (Å²) >= 11 is 0. The first-order valence-corrected chi connectivity index (χ1v) is 5.16. The Labute approximate surface area is 109 Å². The number of nitrogens with zero attached hydrogens (tertiary/aromatic N) is 1. The molecule has 2 nitrogen and oxygen atoms in total. The molecule has 0 heterocycles. The number of amides is 1. The van der Waals surface area contributed by atoms with Gasteiger partial charge in [0.2, 0.25) is 0 Å². The van der Waals surface area contributed by atoms with Crippen molar-refractivity contribution in [1.29, 1.82) is 0 Å². The summed E-state index contributed by atoms with van der Waals surface area (Å²) in [5, 5.41) is 0. The van der Waals surface area contributed by atoms with Crippen molar-refractivity contribution in [1.82, 2.24) is 0 Å². The molecule has 0 bridgehead atoms. The molecular formula is C12H7F6NO. The number of allylic oxidation sites excluding steroid dienone is 1. The number of hydrogen-bond donors (Lipinski definition) is 0. The molecule has 1 aromatic rings.